The Morgan fingerprint density at radius 1 is 1.23 bits per heavy atom. The number of carbonyl (C=O) groups excluding carboxylic acids is 3. The molecule has 0 fully saturated rings. The van der Waals surface area contributed by atoms with Crippen LogP contribution in [0.1, 0.15) is 71.9 Å². The predicted octanol–water partition coefficient (Wildman–Crippen LogP) is 4.52. The molecule has 7 heteroatoms. The number of esters is 1. The van der Waals surface area contributed by atoms with Gasteiger partial charge in [0.25, 0.3) is 0 Å². The number of nitrogens with zero attached hydrogens (tertiary/aromatic N) is 1. The number of anilines is 1. The molecular weight excluding hydrogens is 382 g/mol. The van der Waals surface area contributed by atoms with E-state index >= 15 is 0 Å². The van der Waals surface area contributed by atoms with Gasteiger partial charge in [0, 0.05) is 24.4 Å². The number of carbonyl (C=O) groups is 3. The van der Waals surface area contributed by atoms with Crippen LogP contribution < -0.4 is 10.6 Å². The van der Waals surface area contributed by atoms with Crippen molar-refractivity contribution in [1.82, 2.24) is 10.2 Å². The highest BCUT2D eigenvalue weighted by molar-refractivity contribution is 5.95. The zero-order chi connectivity index (χ0) is 22.3. The van der Waals surface area contributed by atoms with Crippen molar-refractivity contribution in [3.8, 4) is 0 Å². The second kappa shape index (κ2) is 10.8. The minimum atomic E-state index is -0.648. The second-order valence-corrected chi connectivity index (χ2v) is 7.76. The lowest BCUT2D eigenvalue weighted by atomic mass is 9.94. The SMILES string of the molecule is CCCCN1C(=O)NC(c2cccc(NC(=O)CCC)c2)C(C(=O)OC(C)C)=C1C. The van der Waals surface area contributed by atoms with Gasteiger partial charge < -0.3 is 15.4 Å². The lowest BCUT2D eigenvalue weighted by Crippen LogP contribution is -2.48. The van der Waals surface area contributed by atoms with Crippen molar-refractivity contribution in [2.75, 3.05) is 11.9 Å². The average Bonchev–Trinajstić information content (AvgIpc) is 2.67. The molecule has 0 spiro atoms. The number of unbranched alkanes of at least 4 members (excludes halogenated alkanes) is 1. The van der Waals surface area contributed by atoms with Crippen molar-refractivity contribution in [1.29, 1.82) is 0 Å². The predicted molar refractivity (Wildman–Crippen MR) is 117 cm³/mol. The molecule has 164 valence electrons. The number of hydrogen-bond acceptors (Lipinski definition) is 4. The third-order valence-electron chi connectivity index (χ3n) is 4.88. The summed E-state index contributed by atoms with van der Waals surface area (Å²) in [6.45, 7) is 9.90. The summed E-state index contributed by atoms with van der Waals surface area (Å²) >= 11 is 0. The van der Waals surface area contributed by atoms with Crippen molar-refractivity contribution in [3.05, 3.63) is 41.1 Å². The Hall–Kier alpha value is -2.83. The van der Waals surface area contributed by atoms with Gasteiger partial charge in [0.1, 0.15) is 0 Å². The molecule has 1 aromatic carbocycles. The van der Waals surface area contributed by atoms with Crippen LogP contribution in [0.25, 0.3) is 0 Å². The van der Waals surface area contributed by atoms with Gasteiger partial charge in [0.15, 0.2) is 0 Å². The summed E-state index contributed by atoms with van der Waals surface area (Å²) < 4.78 is 5.48. The van der Waals surface area contributed by atoms with Crippen molar-refractivity contribution in [2.24, 2.45) is 0 Å². The Labute approximate surface area is 178 Å². The molecular formula is C23H33N3O4. The fourth-order valence-corrected chi connectivity index (χ4v) is 3.41. The molecule has 0 saturated carbocycles. The van der Waals surface area contributed by atoms with Gasteiger partial charge in [-0.1, -0.05) is 32.4 Å². The van der Waals surface area contributed by atoms with Gasteiger partial charge >= 0.3 is 12.0 Å². The minimum absolute atomic E-state index is 0.0702. The number of amides is 3. The Bertz CT molecular complexity index is 816. The highest BCUT2D eigenvalue weighted by Gasteiger charge is 2.36. The summed E-state index contributed by atoms with van der Waals surface area (Å²) in [7, 11) is 0. The molecule has 2 N–H and O–H groups in total. The fourth-order valence-electron chi connectivity index (χ4n) is 3.41. The number of ether oxygens (including phenoxy) is 1. The van der Waals surface area contributed by atoms with Crippen molar-refractivity contribution in [2.45, 2.75) is 72.4 Å². The monoisotopic (exact) mass is 415 g/mol. The highest BCUT2D eigenvalue weighted by atomic mass is 16.5. The van der Waals surface area contributed by atoms with E-state index in [0.717, 1.165) is 19.3 Å². The Morgan fingerprint density at radius 2 is 1.97 bits per heavy atom. The molecule has 3 amide bonds. The Balaban J connectivity index is 2.43. The third-order valence-corrected chi connectivity index (χ3v) is 4.88. The van der Waals surface area contributed by atoms with Crippen LogP contribution in [0.4, 0.5) is 10.5 Å². The lowest BCUT2D eigenvalue weighted by Gasteiger charge is -2.35. The number of nitrogens with one attached hydrogen (secondary N) is 2. The van der Waals surface area contributed by atoms with E-state index in [-0.39, 0.29) is 18.0 Å². The fraction of sp³-hybridized carbons (Fsp3) is 0.522. The highest BCUT2D eigenvalue weighted by Crippen LogP contribution is 2.32. The Morgan fingerprint density at radius 3 is 2.60 bits per heavy atom. The maximum Gasteiger partial charge on any atom is 0.338 e. The van der Waals surface area contributed by atoms with Crippen molar-refractivity contribution < 1.29 is 19.1 Å². The summed E-state index contributed by atoms with van der Waals surface area (Å²) in [6.07, 6.45) is 2.68. The number of urea groups is 1. The molecule has 0 aliphatic carbocycles. The standard InChI is InChI=1S/C23H33N3O4/c1-6-8-13-26-16(5)20(22(28)30-15(3)4)21(25-23(26)29)17-11-9-12-18(14-17)24-19(27)10-7-2/h9,11-12,14-15,21H,6-8,10,13H2,1-5H3,(H,24,27)(H,25,29). The van der Waals surface area contributed by atoms with Crippen LogP contribution in [0.2, 0.25) is 0 Å². The first-order valence-corrected chi connectivity index (χ1v) is 10.7. The lowest BCUT2D eigenvalue weighted by molar-refractivity contribution is -0.143. The van der Waals surface area contributed by atoms with E-state index in [1.807, 2.05) is 13.0 Å². The van der Waals surface area contributed by atoms with Crippen LogP contribution in [0.3, 0.4) is 0 Å². The zero-order valence-corrected chi connectivity index (χ0v) is 18.6. The van der Waals surface area contributed by atoms with Gasteiger partial charge in [0.05, 0.1) is 17.7 Å². The van der Waals surface area contributed by atoms with Crippen LogP contribution in [0.5, 0.6) is 0 Å². The topological polar surface area (TPSA) is 87.7 Å². The summed E-state index contributed by atoms with van der Waals surface area (Å²) in [6, 6.07) is 6.32. The molecule has 1 aromatic rings. The maximum absolute atomic E-state index is 12.9. The first kappa shape index (κ1) is 23.4. The average molecular weight is 416 g/mol. The molecule has 1 aliphatic heterocycles. The first-order chi connectivity index (χ1) is 14.3. The van der Waals surface area contributed by atoms with E-state index in [2.05, 4.69) is 17.6 Å². The normalized spacial score (nSPS) is 16.5. The quantitative estimate of drug-likeness (QED) is 0.581. The van der Waals surface area contributed by atoms with Gasteiger partial charge in [-0.15, -0.1) is 0 Å². The summed E-state index contributed by atoms with van der Waals surface area (Å²) in [5.41, 5.74) is 2.35. The van der Waals surface area contributed by atoms with Crippen molar-refractivity contribution in [3.63, 3.8) is 0 Å². The molecule has 0 bridgehead atoms. The van der Waals surface area contributed by atoms with E-state index in [0.29, 0.717) is 35.5 Å². The van der Waals surface area contributed by atoms with Crippen molar-refractivity contribution >= 4 is 23.6 Å². The molecule has 1 aliphatic rings. The zero-order valence-electron chi connectivity index (χ0n) is 18.6. The maximum atomic E-state index is 12.9. The molecule has 1 heterocycles. The van der Waals surface area contributed by atoms with Gasteiger partial charge in [-0.05, 0) is 51.3 Å². The summed E-state index contributed by atoms with van der Waals surface area (Å²) in [4.78, 5) is 39.3. The van der Waals surface area contributed by atoms with E-state index in [9.17, 15) is 14.4 Å². The van der Waals surface area contributed by atoms with Crippen LogP contribution >= 0.6 is 0 Å². The smallest absolute Gasteiger partial charge is 0.338 e. The number of hydrogen-bond donors (Lipinski definition) is 2. The van der Waals surface area contributed by atoms with Crippen LogP contribution in [0, 0.1) is 0 Å². The molecule has 0 aromatic heterocycles. The van der Waals surface area contributed by atoms with Gasteiger partial charge in [0.2, 0.25) is 5.91 Å². The van der Waals surface area contributed by atoms with Gasteiger partial charge in [-0.25, -0.2) is 9.59 Å². The number of allylic oxidation sites excluding steroid dienone is 1. The summed E-state index contributed by atoms with van der Waals surface area (Å²) in [5, 5.41) is 5.81. The molecule has 1 atom stereocenters. The van der Waals surface area contributed by atoms with E-state index < -0.39 is 12.0 Å². The van der Waals surface area contributed by atoms with Crippen LogP contribution in [-0.4, -0.2) is 35.5 Å². The third kappa shape index (κ3) is 5.84. The molecule has 1 unspecified atom stereocenters. The molecule has 30 heavy (non-hydrogen) atoms. The van der Waals surface area contributed by atoms with E-state index in [1.54, 1.807) is 43.9 Å². The van der Waals surface area contributed by atoms with E-state index in [1.165, 1.54) is 0 Å². The second-order valence-electron chi connectivity index (χ2n) is 7.76. The minimum Gasteiger partial charge on any atom is -0.459 e. The largest absolute Gasteiger partial charge is 0.459 e. The molecule has 0 saturated heterocycles. The molecule has 7 nitrogen and oxygen atoms in total. The van der Waals surface area contributed by atoms with E-state index in [4.69, 9.17) is 4.74 Å². The first-order valence-electron chi connectivity index (χ1n) is 10.7. The number of rotatable bonds is 9. The van der Waals surface area contributed by atoms with Crippen LogP contribution in [0.15, 0.2) is 35.5 Å². The molecule has 0 radical (unpaired) electrons. The van der Waals surface area contributed by atoms with Crippen LogP contribution in [-0.2, 0) is 14.3 Å². The molecule has 2 rings (SSSR count). The van der Waals surface area contributed by atoms with Gasteiger partial charge in [-0.3, -0.25) is 9.69 Å². The van der Waals surface area contributed by atoms with Gasteiger partial charge in [-0.2, -0.15) is 0 Å². The number of benzene rings is 1. The summed E-state index contributed by atoms with van der Waals surface area (Å²) in [5.74, 6) is -0.520. The Kier molecular flexibility index (Phi) is 8.45.